The van der Waals surface area contributed by atoms with E-state index in [1.807, 2.05) is 78.6 Å². The Kier molecular flexibility index (Phi) is 7.08. The standard InChI is InChI=1S/C28H30N2O3/c1-3-8-27(31)30-18-7-11-25(29-28(32)21-9-5-4-6-10-21)24-19-22(14-17-26(24)30)20-12-15-23(33-2)16-13-20/h4-6,9-10,12-17,19,25H,3,7-8,11,18H2,1-2H3,(H,29,32). The van der Waals surface area contributed by atoms with Crippen molar-refractivity contribution in [1.29, 1.82) is 0 Å². The zero-order valence-electron chi connectivity index (χ0n) is 19.2. The number of methoxy groups -OCH3 is 1. The molecule has 1 unspecified atom stereocenters. The van der Waals surface area contributed by atoms with Gasteiger partial charge in [0.25, 0.3) is 5.91 Å². The number of carbonyl (C=O) groups excluding carboxylic acids is 2. The maximum Gasteiger partial charge on any atom is 0.251 e. The molecule has 33 heavy (non-hydrogen) atoms. The second kappa shape index (κ2) is 10.3. The van der Waals surface area contributed by atoms with Crippen LogP contribution < -0.4 is 15.0 Å². The molecule has 5 heteroatoms. The van der Waals surface area contributed by atoms with Crippen LogP contribution in [0.25, 0.3) is 11.1 Å². The highest BCUT2D eigenvalue weighted by Gasteiger charge is 2.28. The molecule has 0 fully saturated rings. The molecule has 1 aliphatic heterocycles. The van der Waals surface area contributed by atoms with Crippen LogP contribution in [0.5, 0.6) is 5.75 Å². The Balaban J connectivity index is 1.73. The highest BCUT2D eigenvalue weighted by molar-refractivity contribution is 5.96. The lowest BCUT2D eigenvalue weighted by molar-refractivity contribution is -0.118. The molecule has 1 atom stereocenters. The van der Waals surface area contributed by atoms with Gasteiger partial charge >= 0.3 is 0 Å². The summed E-state index contributed by atoms with van der Waals surface area (Å²) in [6, 6.07) is 23.2. The number of ether oxygens (including phenoxy) is 1. The van der Waals surface area contributed by atoms with Crippen molar-refractivity contribution in [3.8, 4) is 16.9 Å². The van der Waals surface area contributed by atoms with E-state index >= 15 is 0 Å². The summed E-state index contributed by atoms with van der Waals surface area (Å²) in [5.74, 6) is 0.832. The van der Waals surface area contributed by atoms with Gasteiger partial charge in [0, 0.05) is 24.2 Å². The van der Waals surface area contributed by atoms with Crippen LogP contribution in [0, 0.1) is 0 Å². The largest absolute Gasteiger partial charge is 0.497 e. The van der Waals surface area contributed by atoms with Gasteiger partial charge in [-0.15, -0.1) is 0 Å². The third-order valence-corrected chi connectivity index (χ3v) is 6.10. The first-order valence-corrected chi connectivity index (χ1v) is 11.6. The fourth-order valence-corrected chi connectivity index (χ4v) is 4.36. The SMILES string of the molecule is CCCC(=O)N1CCCC(NC(=O)c2ccccc2)c2cc(-c3ccc(OC)cc3)ccc21. The molecular weight excluding hydrogens is 412 g/mol. The summed E-state index contributed by atoms with van der Waals surface area (Å²) in [6.45, 7) is 2.68. The second-order valence-electron chi connectivity index (χ2n) is 8.33. The lowest BCUT2D eigenvalue weighted by Gasteiger charge is -2.25. The van der Waals surface area contributed by atoms with E-state index in [0.29, 0.717) is 18.5 Å². The Morgan fingerprint density at radius 1 is 1.00 bits per heavy atom. The van der Waals surface area contributed by atoms with Gasteiger partial charge in [-0.2, -0.15) is 0 Å². The van der Waals surface area contributed by atoms with E-state index in [-0.39, 0.29) is 17.9 Å². The number of amides is 2. The molecule has 4 rings (SSSR count). The normalized spacial score (nSPS) is 15.3. The van der Waals surface area contributed by atoms with E-state index in [4.69, 9.17) is 4.74 Å². The molecule has 0 radical (unpaired) electrons. The average Bonchev–Trinajstić information content (AvgIpc) is 3.04. The van der Waals surface area contributed by atoms with Crippen LogP contribution in [0.2, 0.25) is 0 Å². The van der Waals surface area contributed by atoms with E-state index < -0.39 is 0 Å². The predicted molar refractivity (Wildman–Crippen MR) is 132 cm³/mol. The maximum absolute atomic E-state index is 13.0. The first-order valence-electron chi connectivity index (χ1n) is 11.6. The fraction of sp³-hybridized carbons (Fsp3) is 0.286. The van der Waals surface area contributed by atoms with Gasteiger partial charge < -0.3 is 15.0 Å². The summed E-state index contributed by atoms with van der Waals surface area (Å²) in [7, 11) is 1.65. The first kappa shape index (κ1) is 22.6. The molecule has 1 N–H and O–H groups in total. The van der Waals surface area contributed by atoms with Crippen LogP contribution in [0.4, 0.5) is 5.69 Å². The number of carbonyl (C=O) groups is 2. The number of fused-ring (bicyclic) bond motifs is 1. The van der Waals surface area contributed by atoms with Crippen LogP contribution in [0.3, 0.4) is 0 Å². The number of anilines is 1. The van der Waals surface area contributed by atoms with Gasteiger partial charge in [0.15, 0.2) is 0 Å². The summed E-state index contributed by atoms with van der Waals surface area (Å²) in [6.07, 6.45) is 2.92. The average molecular weight is 443 g/mol. The van der Waals surface area contributed by atoms with Crippen LogP contribution >= 0.6 is 0 Å². The van der Waals surface area contributed by atoms with Crippen molar-refractivity contribution >= 4 is 17.5 Å². The minimum Gasteiger partial charge on any atom is -0.497 e. The molecule has 0 saturated heterocycles. The van der Waals surface area contributed by atoms with Crippen LogP contribution in [-0.2, 0) is 4.79 Å². The van der Waals surface area contributed by atoms with E-state index in [2.05, 4.69) is 11.4 Å². The van der Waals surface area contributed by atoms with Crippen LogP contribution in [0.1, 0.15) is 54.6 Å². The Labute approximate surface area is 195 Å². The Hall–Kier alpha value is -3.60. The van der Waals surface area contributed by atoms with Gasteiger partial charge in [-0.25, -0.2) is 0 Å². The van der Waals surface area contributed by atoms with Crippen molar-refractivity contribution in [1.82, 2.24) is 5.32 Å². The minimum absolute atomic E-state index is 0.102. The molecule has 3 aromatic rings. The molecule has 170 valence electrons. The quantitative estimate of drug-likeness (QED) is 0.528. The summed E-state index contributed by atoms with van der Waals surface area (Å²) in [4.78, 5) is 27.8. The number of hydrogen-bond acceptors (Lipinski definition) is 3. The first-order chi connectivity index (χ1) is 16.1. The molecule has 1 aliphatic rings. The molecule has 0 aromatic heterocycles. The van der Waals surface area contributed by atoms with Crippen molar-refractivity contribution in [3.05, 3.63) is 83.9 Å². The number of benzene rings is 3. The molecule has 5 nitrogen and oxygen atoms in total. The van der Waals surface area contributed by atoms with Crippen LogP contribution in [0.15, 0.2) is 72.8 Å². The van der Waals surface area contributed by atoms with E-state index in [9.17, 15) is 9.59 Å². The van der Waals surface area contributed by atoms with Gasteiger partial charge in [-0.05, 0) is 72.4 Å². The Morgan fingerprint density at radius 3 is 2.42 bits per heavy atom. The topological polar surface area (TPSA) is 58.6 Å². The number of hydrogen-bond donors (Lipinski definition) is 1. The third kappa shape index (κ3) is 5.08. The van der Waals surface area contributed by atoms with Gasteiger partial charge in [-0.3, -0.25) is 9.59 Å². The smallest absolute Gasteiger partial charge is 0.251 e. The van der Waals surface area contributed by atoms with Crippen molar-refractivity contribution in [2.24, 2.45) is 0 Å². The van der Waals surface area contributed by atoms with Gasteiger partial charge in [-0.1, -0.05) is 43.3 Å². The molecule has 0 saturated carbocycles. The van der Waals surface area contributed by atoms with Crippen molar-refractivity contribution in [3.63, 3.8) is 0 Å². The van der Waals surface area contributed by atoms with Crippen molar-refractivity contribution in [2.75, 3.05) is 18.6 Å². The number of nitrogens with one attached hydrogen (secondary N) is 1. The molecule has 0 aliphatic carbocycles. The number of rotatable bonds is 6. The Bertz CT molecular complexity index is 1110. The summed E-state index contributed by atoms with van der Waals surface area (Å²) < 4.78 is 5.29. The maximum atomic E-state index is 13.0. The summed E-state index contributed by atoms with van der Waals surface area (Å²) in [5.41, 5.74) is 4.60. The molecule has 2 amide bonds. The van der Waals surface area contributed by atoms with Crippen molar-refractivity contribution < 1.29 is 14.3 Å². The summed E-state index contributed by atoms with van der Waals surface area (Å²) in [5, 5.41) is 3.22. The second-order valence-corrected chi connectivity index (χ2v) is 8.33. The molecular formula is C28H30N2O3. The number of nitrogens with zero attached hydrogens (tertiary/aromatic N) is 1. The van der Waals surface area contributed by atoms with E-state index in [1.54, 1.807) is 7.11 Å². The zero-order chi connectivity index (χ0) is 23.2. The minimum atomic E-state index is -0.176. The molecule has 0 spiro atoms. The highest BCUT2D eigenvalue weighted by atomic mass is 16.5. The van der Waals surface area contributed by atoms with Crippen molar-refractivity contribution in [2.45, 2.75) is 38.6 Å². The van der Waals surface area contributed by atoms with E-state index in [1.165, 1.54) is 0 Å². The summed E-state index contributed by atoms with van der Waals surface area (Å²) >= 11 is 0. The van der Waals surface area contributed by atoms with Gasteiger partial charge in [0.1, 0.15) is 5.75 Å². The third-order valence-electron chi connectivity index (χ3n) is 6.10. The lowest BCUT2D eigenvalue weighted by Crippen LogP contribution is -2.32. The molecule has 1 heterocycles. The van der Waals surface area contributed by atoms with E-state index in [0.717, 1.165) is 47.4 Å². The van der Waals surface area contributed by atoms with Gasteiger partial charge in [0.2, 0.25) is 5.91 Å². The van der Waals surface area contributed by atoms with Gasteiger partial charge in [0.05, 0.1) is 13.2 Å². The lowest BCUT2D eigenvalue weighted by atomic mass is 9.95. The van der Waals surface area contributed by atoms with Crippen LogP contribution in [-0.4, -0.2) is 25.5 Å². The zero-order valence-corrected chi connectivity index (χ0v) is 19.2. The molecule has 0 bridgehead atoms. The molecule has 3 aromatic carbocycles. The highest BCUT2D eigenvalue weighted by Crippen LogP contribution is 2.37. The predicted octanol–water partition coefficient (Wildman–Crippen LogP) is 5.76. The Morgan fingerprint density at radius 2 is 1.73 bits per heavy atom. The fourth-order valence-electron chi connectivity index (χ4n) is 4.36. The monoisotopic (exact) mass is 442 g/mol.